The molecule has 32 heavy (non-hydrogen) atoms. The van der Waals surface area contributed by atoms with Crippen molar-refractivity contribution in [3.8, 4) is 0 Å². The van der Waals surface area contributed by atoms with Crippen molar-refractivity contribution in [1.82, 2.24) is 0 Å². The van der Waals surface area contributed by atoms with Crippen molar-refractivity contribution in [3.63, 3.8) is 0 Å². The van der Waals surface area contributed by atoms with E-state index in [2.05, 4.69) is 5.32 Å². The Morgan fingerprint density at radius 2 is 1.44 bits per heavy atom. The van der Waals surface area contributed by atoms with Crippen molar-refractivity contribution in [2.45, 2.75) is 6.92 Å². The van der Waals surface area contributed by atoms with Gasteiger partial charge in [0.1, 0.15) is 5.70 Å². The predicted molar refractivity (Wildman–Crippen MR) is 130 cm³/mol. The third-order valence-corrected chi connectivity index (χ3v) is 5.89. The maximum atomic E-state index is 13.6. The molecule has 5 rings (SSSR count). The molecule has 0 saturated heterocycles. The van der Waals surface area contributed by atoms with Gasteiger partial charge in [0.25, 0.3) is 11.8 Å². The zero-order chi connectivity index (χ0) is 22.2. The Labute approximate surface area is 190 Å². The minimum absolute atomic E-state index is 0.232. The zero-order valence-electron chi connectivity index (χ0n) is 17.3. The summed E-state index contributed by atoms with van der Waals surface area (Å²) >= 11 is 6.35. The standard InChI is InChI=1S/C27H19ClN2O2/c1-17-13-15-19(16-14-17)24-25(29-22-11-6-8-18-7-2-3-9-20(18)22)27(32)30(26(24)31)23-12-5-4-10-21(23)28/h2-16,29H,1H3. The largest absolute Gasteiger partial charge is 0.350 e. The highest BCUT2D eigenvalue weighted by atomic mass is 35.5. The maximum Gasteiger partial charge on any atom is 0.282 e. The summed E-state index contributed by atoms with van der Waals surface area (Å²) in [6.07, 6.45) is 0. The first-order valence-corrected chi connectivity index (χ1v) is 10.6. The SMILES string of the molecule is Cc1ccc(C2=C(Nc3cccc4ccccc34)C(=O)N(c3ccccc3Cl)C2=O)cc1. The van der Waals surface area contributed by atoms with Crippen LogP contribution < -0.4 is 10.2 Å². The lowest BCUT2D eigenvalue weighted by Gasteiger charge is -2.17. The van der Waals surface area contributed by atoms with E-state index in [9.17, 15) is 9.59 Å². The highest BCUT2D eigenvalue weighted by Gasteiger charge is 2.41. The number of carbonyl (C=O) groups excluding carboxylic acids is 2. The number of nitrogens with zero attached hydrogens (tertiary/aromatic N) is 1. The quantitative estimate of drug-likeness (QED) is 0.386. The normalized spacial score (nSPS) is 13.9. The summed E-state index contributed by atoms with van der Waals surface area (Å²) in [6.45, 7) is 1.98. The zero-order valence-corrected chi connectivity index (χ0v) is 18.1. The second-order valence-electron chi connectivity index (χ2n) is 7.66. The van der Waals surface area contributed by atoms with E-state index in [1.165, 1.54) is 0 Å². The number of para-hydroxylation sites is 1. The summed E-state index contributed by atoms with van der Waals surface area (Å²) in [6, 6.07) is 28.1. The molecular formula is C27H19ClN2O2. The van der Waals surface area contributed by atoms with Gasteiger partial charge in [-0.05, 0) is 36.1 Å². The average molecular weight is 439 g/mol. The Morgan fingerprint density at radius 3 is 2.22 bits per heavy atom. The van der Waals surface area contributed by atoms with Crippen LogP contribution in [0, 0.1) is 6.92 Å². The van der Waals surface area contributed by atoms with Crippen molar-refractivity contribution < 1.29 is 9.59 Å². The van der Waals surface area contributed by atoms with Crippen LogP contribution in [0.5, 0.6) is 0 Å². The van der Waals surface area contributed by atoms with Crippen LogP contribution in [0.1, 0.15) is 11.1 Å². The molecule has 0 spiro atoms. The van der Waals surface area contributed by atoms with Gasteiger partial charge in [-0.1, -0.05) is 90.0 Å². The molecule has 0 saturated carbocycles. The summed E-state index contributed by atoms with van der Waals surface area (Å²) in [5.74, 6) is -0.846. The molecule has 156 valence electrons. The van der Waals surface area contributed by atoms with Crippen LogP contribution >= 0.6 is 11.6 Å². The molecular weight excluding hydrogens is 420 g/mol. The lowest BCUT2D eigenvalue weighted by Crippen LogP contribution is -2.32. The van der Waals surface area contributed by atoms with Crippen molar-refractivity contribution in [2.24, 2.45) is 0 Å². The number of carbonyl (C=O) groups is 2. The van der Waals surface area contributed by atoms with Crippen LogP contribution in [0.25, 0.3) is 16.3 Å². The predicted octanol–water partition coefficient (Wildman–Crippen LogP) is 6.20. The van der Waals surface area contributed by atoms with Crippen LogP contribution in [0.3, 0.4) is 0 Å². The second-order valence-corrected chi connectivity index (χ2v) is 8.07. The van der Waals surface area contributed by atoms with Gasteiger partial charge in [0, 0.05) is 11.1 Å². The molecule has 0 unspecified atom stereocenters. The van der Waals surface area contributed by atoms with Gasteiger partial charge >= 0.3 is 0 Å². The summed E-state index contributed by atoms with van der Waals surface area (Å²) in [5.41, 5.74) is 3.41. The molecule has 4 aromatic carbocycles. The number of hydrogen-bond donors (Lipinski definition) is 1. The summed E-state index contributed by atoms with van der Waals surface area (Å²) < 4.78 is 0. The number of nitrogens with one attached hydrogen (secondary N) is 1. The lowest BCUT2D eigenvalue weighted by atomic mass is 10.0. The van der Waals surface area contributed by atoms with Crippen LogP contribution in [0.4, 0.5) is 11.4 Å². The van der Waals surface area contributed by atoms with E-state index in [4.69, 9.17) is 11.6 Å². The van der Waals surface area contributed by atoms with Gasteiger partial charge < -0.3 is 5.32 Å². The monoisotopic (exact) mass is 438 g/mol. The first-order valence-electron chi connectivity index (χ1n) is 10.2. The van der Waals surface area contributed by atoms with Crippen LogP contribution in [0.2, 0.25) is 5.02 Å². The number of fused-ring (bicyclic) bond motifs is 1. The number of anilines is 2. The van der Waals surface area contributed by atoms with Crippen molar-refractivity contribution >= 4 is 51.1 Å². The average Bonchev–Trinajstić information content (AvgIpc) is 3.04. The molecule has 4 nitrogen and oxygen atoms in total. The van der Waals surface area contributed by atoms with Crippen molar-refractivity contribution in [3.05, 3.63) is 113 Å². The van der Waals surface area contributed by atoms with E-state index in [1.807, 2.05) is 73.7 Å². The van der Waals surface area contributed by atoms with Gasteiger partial charge in [0.15, 0.2) is 0 Å². The van der Waals surface area contributed by atoms with E-state index in [0.717, 1.165) is 26.9 Å². The van der Waals surface area contributed by atoms with E-state index in [-0.39, 0.29) is 5.70 Å². The van der Waals surface area contributed by atoms with Gasteiger partial charge in [-0.3, -0.25) is 9.59 Å². The highest BCUT2D eigenvalue weighted by Crippen LogP contribution is 2.37. The fourth-order valence-corrected chi connectivity index (χ4v) is 4.17. The molecule has 2 amide bonds. The minimum Gasteiger partial charge on any atom is -0.350 e. The third kappa shape index (κ3) is 3.35. The topological polar surface area (TPSA) is 49.4 Å². The van der Waals surface area contributed by atoms with E-state index >= 15 is 0 Å². The maximum absolute atomic E-state index is 13.6. The fourth-order valence-electron chi connectivity index (χ4n) is 3.95. The van der Waals surface area contributed by atoms with Gasteiger partial charge in [-0.2, -0.15) is 0 Å². The van der Waals surface area contributed by atoms with Gasteiger partial charge in [-0.25, -0.2) is 4.90 Å². The van der Waals surface area contributed by atoms with Crippen LogP contribution in [-0.2, 0) is 9.59 Å². The number of benzene rings is 4. The molecule has 1 N–H and O–H groups in total. The molecule has 0 aromatic heterocycles. The molecule has 0 fully saturated rings. The third-order valence-electron chi connectivity index (χ3n) is 5.57. The smallest absolute Gasteiger partial charge is 0.282 e. The molecule has 0 radical (unpaired) electrons. The Bertz CT molecular complexity index is 1400. The summed E-state index contributed by atoms with van der Waals surface area (Å²) in [7, 11) is 0. The van der Waals surface area contributed by atoms with Gasteiger partial charge in [-0.15, -0.1) is 0 Å². The van der Waals surface area contributed by atoms with Crippen molar-refractivity contribution in [1.29, 1.82) is 0 Å². The van der Waals surface area contributed by atoms with E-state index in [0.29, 0.717) is 21.8 Å². The number of rotatable bonds is 4. The minimum atomic E-state index is -0.438. The number of imide groups is 1. The molecule has 1 aliphatic rings. The number of halogens is 1. The molecule has 1 aliphatic heterocycles. The Hall–Kier alpha value is -3.89. The highest BCUT2D eigenvalue weighted by molar-refractivity contribution is 6.48. The molecule has 4 aromatic rings. The Balaban J connectivity index is 1.68. The first-order chi connectivity index (χ1) is 15.5. The number of amides is 2. The molecule has 0 atom stereocenters. The number of aryl methyl sites for hydroxylation is 1. The Morgan fingerprint density at radius 1 is 0.750 bits per heavy atom. The van der Waals surface area contributed by atoms with E-state index < -0.39 is 11.8 Å². The lowest BCUT2D eigenvalue weighted by molar-refractivity contribution is -0.120. The first kappa shape index (κ1) is 20.0. The number of hydrogen-bond acceptors (Lipinski definition) is 3. The molecule has 1 heterocycles. The fraction of sp³-hybridized carbons (Fsp3) is 0.0370. The van der Waals surface area contributed by atoms with Crippen molar-refractivity contribution in [2.75, 3.05) is 10.2 Å². The Kier molecular flexibility index (Phi) is 5.00. The summed E-state index contributed by atoms with van der Waals surface area (Å²) in [5, 5.41) is 5.61. The molecule has 5 heteroatoms. The molecule has 0 aliphatic carbocycles. The van der Waals surface area contributed by atoms with Gasteiger partial charge in [0.2, 0.25) is 0 Å². The van der Waals surface area contributed by atoms with Crippen LogP contribution in [-0.4, -0.2) is 11.8 Å². The van der Waals surface area contributed by atoms with E-state index in [1.54, 1.807) is 24.3 Å². The summed E-state index contributed by atoms with van der Waals surface area (Å²) in [4.78, 5) is 28.3. The van der Waals surface area contributed by atoms with Crippen LogP contribution in [0.15, 0.2) is 96.7 Å². The second kappa shape index (κ2) is 7.98. The van der Waals surface area contributed by atoms with Gasteiger partial charge in [0.05, 0.1) is 16.3 Å². The molecule has 0 bridgehead atoms.